The Balaban J connectivity index is 2.25. The molecule has 0 bridgehead atoms. The molecule has 2 aromatic rings. The van der Waals surface area contributed by atoms with Gasteiger partial charge in [0, 0.05) is 0 Å². The van der Waals surface area contributed by atoms with E-state index in [2.05, 4.69) is 4.98 Å². The van der Waals surface area contributed by atoms with E-state index in [4.69, 9.17) is 16.3 Å². The number of aryl methyl sites for hydroxylation is 1. The van der Waals surface area contributed by atoms with Gasteiger partial charge in [-0.15, -0.1) is 11.3 Å². The van der Waals surface area contributed by atoms with Gasteiger partial charge in [0.15, 0.2) is 17.3 Å². The SMILES string of the molecule is CCOc1cc(/C=C\C(=O)c2scnc2C)cc(Cl)c1O. The van der Waals surface area contributed by atoms with Crippen LogP contribution in [-0.4, -0.2) is 22.5 Å². The molecule has 1 heterocycles. The summed E-state index contributed by atoms with van der Waals surface area (Å²) in [6.07, 6.45) is 3.09. The molecule has 0 unspecified atom stereocenters. The van der Waals surface area contributed by atoms with Crippen LogP contribution in [0.1, 0.15) is 27.9 Å². The second-order valence-electron chi connectivity index (χ2n) is 4.25. The van der Waals surface area contributed by atoms with E-state index in [1.165, 1.54) is 17.4 Å². The van der Waals surface area contributed by atoms with Crippen LogP contribution in [-0.2, 0) is 0 Å². The van der Waals surface area contributed by atoms with Crippen molar-refractivity contribution in [1.29, 1.82) is 0 Å². The van der Waals surface area contributed by atoms with Gasteiger partial charge in [-0.3, -0.25) is 4.79 Å². The summed E-state index contributed by atoms with van der Waals surface area (Å²) in [5.74, 6) is 0.0866. The van der Waals surface area contributed by atoms with E-state index in [1.54, 1.807) is 30.6 Å². The van der Waals surface area contributed by atoms with Crippen LogP contribution in [0.3, 0.4) is 0 Å². The standard InChI is InChI=1S/C15H14ClNO3S/c1-3-20-13-7-10(6-11(16)14(13)19)4-5-12(18)15-9(2)17-8-21-15/h4-8,19H,3H2,1-2H3/b5-4-. The predicted molar refractivity (Wildman–Crippen MR) is 84.5 cm³/mol. The second-order valence-corrected chi connectivity index (χ2v) is 5.51. The Morgan fingerprint density at radius 2 is 2.29 bits per heavy atom. The minimum Gasteiger partial charge on any atom is -0.503 e. The normalized spacial score (nSPS) is 11.0. The number of phenols is 1. The van der Waals surface area contributed by atoms with Gasteiger partial charge in [-0.1, -0.05) is 17.7 Å². The third-order valence-electron chi connectivity index (χ3n) is 2.75. The van der Waals surface area contributed by atoms with Crippen molar-refractivity contribution in [3.05, 3.63) is 44.9 Å². The summed E-state index contributed by atoms with van der Waals surface area (Å²) in [6.45, 7) is 4.02. The fourth-order valence-corrected chi connectivity index (χ4v) is 2.68. The van der Waals surface area contributed by atoms with Crippen molar-refractivity contribution in [2.24, 2.45) is 0 Å². The first-order valence-corrected chi connectivity index (χ1v) is 7.56. The molecule has 0 fully saturated rings. The van der Waals surface area contributed by atoms with Gasteiger partial charge in [-0.05, 0) is 37.6 Å². The largest absolute Gasteiger partial charge is 0.503 e. The van der Waals surface area contributed by atoms with Crippen molar-refractivity contribution in [3.63, 3.8) is 0 Å². The Morgan fingerprint density at radius 3 is 2.90 bits per heavy atom. The average Bonchev–Trinajstić information content (AvgIpc) is 2.88. The van der Waals surface area contributed by atoms with Crippen molar-refractivity contribution >= 4 is 34.8 Å². The van der Waals surface area contributed by atoms with Gasteiger partial charge in [0.05, 0.1) is 27.7 Å². The molecule has 1 N–H and O–H groups in total. The summed E-state index contributed by atoms with van der Waals surface area (Å²) in [5.41, 5.74) is 3.03. The number of carbonyl (C=O) groups is 1. The maximum absolute atomic E-state index is 12.0. The van der Waals surface area contributed by atoms with Crippen LogP contribution < -0.4 is 4.74 Å². The molecule has 0 aliphatic rings. The number of phenolic OH excluding ortho intramolecular Hbond substituents is 1. The first kappa shape index (κ1) is 15.5. The lowest BCUT2D eigenvalue weighted by atomic mass is 10.1. The number of allylic oxidation sites excluding steroid dienone is 1. The van der Waals surface area contributed by atoms with E-state index in [-0.39, 0.29) is 16.6 Å². The molecular formula is C15H14ClNO3S. The molecule has 110 valence electrons. The van der Waals surface area contributed by atoms with E-state index in [0.717, 1.165) is 0 Å². The zero-order chi connectivity index (χ0) is 15.4. The number of rotatable bonds is 5. The summed E-state index contributed by atoms with van der Waals surface area (Å²) in [5, 5.41) is 9.94. The maximum atomic E-state index is 12.0. The molecular weight excluding hydrogens is 310 g/mol. The van der Waals surface area contributed by atoms with Gasteiger partial charge in [-0.2, -0.15) is 0 Å². The van der Waals surface area contributed by atoms with Crippen molar-refractivity contribution in [2.45, 2.75) is 13.8 Å². The molecule has 2 rings (SSSR count). The summed E-state index contributed by atoms with van der Waals surface area (Å²) < 4.78 is 5.30. The van der Waals surface area contributed by atoms with E-state index < -0.39 is 0 Å². The van der Waals surface area contributed by atoms with Crippen LogP contribution in [0.25, 0.3) is 6.08 Å². The molecule has 0 aliphatic heterocycles. The van der Waals surface area contributed by atoms with Crippen LogP contribution in [0, 0.1) is 6.92 Å². The Bertz CT molecular complexity index is 694. The second kappa shape index (κ2) is 6.74. The van der Waals surface area contributed by atoms with Crippen LogP contribution >= 0.6 is 22.9 Å². The number of ether oxygens (including phenoxy) is 1. The highest BCUT2D eigenvalue weighted by molar-refractivity contribution is 7.12. The number of hydrogen-bond acceptors (Lipinski definition) is 5. The number of aromatic hydroxyl groups is 1. The van der Waals surface area contributed by atoms with Crippen LogP contribution in [0.5, 0.6) is 11.5 Å². The molecule has 6 heteroatoms. The Labute approximate surface area is 131 Å². The topological polar surface area (TPSA) is 59.4 Å². The van der Waals surface area contributed by atoms with E-state index in [1.807, 2.05) is 6.92 Å². The molecule has 1 aromatic carbocycles. The van der Waals surface area contributed by atoms with Gasteiger partial charge in [0.2, 0.25) is 0 Å². The number of benzene rings is 1. The molecule has 0 radical (unpaired) electrons. The number of ketones is 1. The molecule has 4 nitrogen and oxygen atoms in total. The minimum absolute atomic E-state index is 0.0969. The van der Waals surface area contributed by atoms with Gasteiger partial charge in [0.25, 0.3) is 0 Å². The molecule has 1 aromatic heterocycles. The van der Waals surface area contributed by atoms with E-state index in [9.17, 15) is 9.90 Å². The van der Waals surface area contributed by atoms with Gasteiger partial charge in [-0.25, -0.2) is 4.98 Å². The fraction of sp³-hybridized carbons (Fsp3) is 0.200. The number of carbonyl (C=O) groups excluding carboxylic acids is 1. The Hall–Kier alpha value is -1.85. The third kappa shape index (κ3) is 3.62. The summed E-state index contributed by atoms with van der Waals surface area (Å²) in [4.78, 5) is 16.7. The highest BCUT2D eigenvalue weighted by atomic mass is 35.5. The van der Waals surface area contributed by atoms with E-state index >= 15 is 0 Å². The van der Waals surface area contributed by atoms with Crippen molar-refractivity contribution < 1.29 is 14.6 Å². The number of halogens is 1. The molecule has 0 atom stereocenters. The number of thiazole rings is 1. The first-order valence-electron chi connectivity index (χ1n) is 6.30. The monoisotopic (exact) mass is 323 g/mol. The molecule has 0 saturated heterocycles. The van der Waals surface area contributed by atoms with Crippen LogP contribution in [0.2, 0.25) is 5.02 Å². The van der Waals surface area contributed by atoms with Crippen LogP contribution in [0.4, 0.5) is 0 Å². The average molecular weight is 324 g/mol. The van der Waals surface area contributed by atoms with Gasteiger partial charge >= 0.3 is 0 Å². The van der Waals surface area contributed by atoms with Gasteiger partial charge < -0.3 is 9.84 Å². The number of aromatic nitrogens is 1. The molecule has 21 heavy (non-hydrogen) atoms. The molecule has 0 spiro atoms. The molecule has 0 saturated carbocycles. The van der Waals surface area contributed by atoms with E-state index in [0.29, 0.717) is 28.5 Å². The highest BCUT2D eigenvalue weighted by Gasteiger charge is 2.10. The van der Waals surface area contributed by atoms with Crippen LogP contribution in [0.15, 0.2) is 23.7 Å². The minimum atomic E-state index is -0.114. The lowest BCUT2D eigenvalue weighted by molar-refractivity contribution is 0.105. The molecule has 0 aliphatic carbocycles. The van der Waals surface area contributed by atoms with Crippen molar-refractivity contribution in [1.82, 2.24) is 4.98 Å². The fourth-order valence-electron chi connectivity index (χ4n) is 1.74. The van der Waals surface area contributed by atoms with Gasteiger partial charge in [0.1, 0.15) is 0 Å². The zero-order valence-electron chi connectivity index (χ0n) is 11.6. The first-order chi connectivity index (χ1) is 10.0. The number of hydrogen-bond donors (Lipinski definition) is 1. The summed E-state index contributed by atoms with van der Waals surface area (Å²) >= 11 is 7.25. The molecule has 0 amide bonds. The summed E-state index contributed by atoms with van der Waals surface area (Å²) in [6, 6.07) is 3.21. The summed E-state index contributed by atoms with van der Waals surface area (Å²) in [7, 11) is 0. The lowest BCUT2D eigenvalue weighted by Crippen LogP contribution is -1.94. The third-order valence-corrected chi connectivity index (χ3v) is 3.98. The zero-order valence-corrected chi connectivity index (χ0v) is 13.2. The Morgan fingerprint density at radius 1 is 1.52 bits per heavy atom. The predicted octanol–water partition coefficient (Wildman–Crippen LogP) is 4.11. The maximum Gasteiger partial charge on any atom is 0.197 e. The highest BCUT2D eigenvalue weighted by Crippen LogP contribution is 2.35. The Kier molecular flexibility index (Phi) is 4.98. The number of nitrogens with zero attached hydrogens (tertiary/aromatic N) is 1. The quantitative estimate of drug-likeness (QED) is 0.664. The van der Waals surface area contributed by atoms with Crippen molar-refractivity contribution in [3.8, 4) is 11.5 Å². The smallest absolute Gasteiger partial charge is 0.197 e. The van der Waals surface area contributed by atoms with Crippen molar-refractivity contribution in [2.75, 3.05) is 6.61 Å². The lowest BCUT2D eigenvalue weighted by Gasteiger charge is -2.08.